The summed E-state index contributed by atoms with van der Waals surface area (Å²) in [7, 11) is 0. The van der Waals surface area contributed by atoms with Crippen molar-refractivity contribution in [3.63, 3.8) is 0 Å². The zero-order valence-electron chi connectivity index (χ0n) is 17.3. The van der Waals surface area contributed by atoms with Gasteiger partial charge in [0.2, 0.25) is 5.91 Å². The highest BCUT2D eigenvalue weighted by Crippen LogP contribution is 2.29. The molecule has 1 saturated heterocycles. The third-order valence-corrected chi connectivity index (χ3v) is 6.55. The summed E-state index contributed by atoms with van der Waals surface area (Å²) < 4.78 is 1.09. The average molecular weight is 430 g/mol. The molecule has 0 spiro atoms. The molecule has 3 heterocycles. The second kappa shape index (κ2) is 8.43. The summed E-state index contributed by atoms with van der Waals surface area (Å²) in [6.45, 7) is 3.58. The van der Waals surface area contributed by atoms with Gasteiger partial charge in [-0.3, -0.25) is 4.79 Å². The normalized spacial score (nSPS) is 16.4. The minimum Gasteiger partial charge on any atom is -0.356 e. The smallest absolute Gasteiger partial charge is 0.231 e. The molecule has 5 rings (SSSR count). The first-order chi connectivity index (χ1) is 15.2. The lowest BCUT2D eigenvalue weighted by molar-refractivity contribution is -0.120. The van der Waals surface area contributed by atoms with E-state index in [-0.39, 0.29) is 11.8 Å². The lowest BCUT2D eigenvalue weighted by Gasteiger charge is -2.32. The summed E-state index contributed by atoms with van der Waals surface area (Å²) in [5.41, 5.74) is 4.06. The number of hydrogen-bond donors (Lipinski definition) is 1. The van der Waals surface area contributed by atoms with Crippen LogP contribution in [0.2, 0.25) is 0 Å². The van der Waals surface area contributed by atoms with Gasteiger partial charge in [-0.2, -0.15) is 0 Å². The summed E-state index contributed by atoms with van der Waals surface area (Å²) in [6.07, 6.45) is 3.41. The van der Waals surface area contributed by atoms with Crippen molar-refractivity contribution in [2.45, 2.75) is 19.8 Å². The molecule has 2 aromatic heterocycles. The van der Waals surface area contributed by atoms with Crippen LogP contribution in [0.15, 0.2) is 60.9 Å². The first kappa shape index (κ1) is 19.6. The van der Waals surface area contributed by atoms with E-state index in [2.05, 4.69) is 38.2 Å². The fourth-order valence-corrected chi connectivity index (χ4v) is 4.95. The molecule has 1 atom stereocenters. The summed E-state index contributed by atoms with van der Waals surface area (Å²) in [6, 6.07) is 18.2. The van der Waals surface area contributed by atoms with E-state index in [1.54, 1.807) is 6.33 Å². The van der Waals surface area contributed by atoms with Crippen molar-refractivity contribution >= 4 is 38.4 Å². The molecule has 1 unspecified atom stereocenters. The number of nitrogens with zero attached hydrogens (tertiary/aromatic N) is 4. The Morgan fingerprint density at radius 2 is 2.00 bits per heavy atom. The Morgan fingerprint density at radius 3 is 2.87 bits per heavy atom. The van der Waals surface area contributed by atoms with Gasteiger partial charge in [-0.15, -0.1) is 0 Å². The number of carbonyl (C=O) groups is 1. The maximum absolute atomic E-state index is 13.0. The molecular weight excluding hydrogens is 406 g/mol. The number of benzene rings is 2. The Balaban J connectivity index is 1.30. The second-order valence-corrected chi connectivity index (χ2v) is 8.92. The van der Waals surface area contributed by atoms with Crippen LogP contribution in [-0.4, -0.2) is 33.9 Å². The maximum atomic E-state index is 13.0. The molecule has 1 fully saturated rings. The van der Waals surface area contributed by atoms with Gasteiger partial charge in [-0.05, 0) is 37.5 Å². The Hall–Kier alpha value is -3.32. The molecule has 156 valence electrons. The van der Waals surface area contributed by atoms with Gasteiger partial charge in [0.1, 0.15) is 12.1 Å². The predicted molar refractivity (Wildman–Crippen MR) is 125 cm³/mol. The van der Waals surface area contributed by atoms with E-state index in [0.29, 0.717) is 11.7 Å². The SMILES string of the molecule is Cc1ccc2nc(NC(=O)C3CCCN(c4cc(-c5ccccc5)ncn4)C3)sc2c1. The fourth-order valence-electron chi connectivity index (χ4n) is 3.98. The maximum Gasteiger partial charge on any atom is 0.231 e. The first-order valence-corrected chi connectivity index (χ1v) is 11.3. The van der Waals surface area contributed by atoms with Crippen LogP contribution in [-0.2, 0) is 4.79 Å². The third-order valence-electron chi connectivity index (χ3n) is 5.61. The van der Waals surface area contributed by atoms with Gasteiger partial charge < -0.3 is 10.2 Å². The van der Waals surface area contributed by atoms with Crippen molar-refractivity contribution < 1.29 is 4.79 Å². The fraction of sp³-hybridized carbons (Fsp3) is 0.250. The number of piperidine rings is 1. The van der Waals surface area contributed by atoms with Crippen LogP contribution < -0.4 is 10.2 Å². The molecule has 1 aliphatic heterocycles. The monoisotopic (exact) mass is 429 g/mol. The number of nitrogens with one attached hydrogen (secondary N) is 1. The number of aryl methyl sites for hydroxylation is 1. The molecule has 31 heavy (non-hydrogen) atoms. The van der Waals surface area contributed by atoms with Gasteiger partial charge in [-0.25, -0.2) is 15.0 Å². The van der Waals surface area contributed by atoms with E-state index in [1.165, 1.54) is 16.9 Å². The molecule has 1 amide bonds. The molecule has 6 nitrogen and oxygen atoms in total. The number of amides is 1. The number of thiazole rings is 1. The van der Waals surface area contributed by atoms with Crippen LogP contribution >= 0.6 is 11.3 Å². The zero-order chi connectivity index (χ0) is 21.2. The Labute approximate surface area is 185 Å². The largest absolute Gasteiger partial charge is 0.356 e. The lowest BCUT2D eigenvalue weighted by Crippen LogP contribution is -2.41. The molecule has 0 aliphatic carbocycles. The zero-order valence-corrected chi connectivity index (χ0v) is 18.1. The minimum absolute atomic E-state index is 0.0258. The summed E-state index contributed by atoms with van der Waals surface area (Å²) >= 11 is 1.52. The van der Waals surface area contributed by atoms with Crippen LogP contribution in [0.3, 0.4) is 0 Å². The van der Waals surface area contributed by atoms with Crippen molar-refractivity contribution in [1.82, 2.24) is 15.0 Å². The number of anilines is 2. The highest BCUT2D eigenvalue weighted by Gasteiger charge is 2.27. The van der Waals surface area contributed by atoms with Gasteiger partial charge in [-0.1, -0.05) is 47.7 Å². The molecular formula is C24H23N5OS. The van der Waals surface area contributed by atoms with Gasteiger partial charge in [0.25, 0.3) is 0 Å². The van der Waals surface area contributed by atoms with Gasteiger partial charge >= 0.3 is 0 Å². The molecule has 0 radical (unpaired) electrons. The summed E-state index contributed by atoms with van der Waals surface area (Å²) in [4.78, 5) is 28.6. The van der Waals surface area contributed by atoms with Crippen LogP contribution in [0.25, 0.3) is 21.5 Å². The number of aromatic nitrogens is 3. The van der Waals surface area contributed by atoms with E-state index in [9.17, 15) is 4.79 Å². The molecule has 1 N–H and O–H groups in total. The number of hydrogen-bond acceptors (Lipinski definition) is 6. The Kier molecular flexibility index (Phi) is 5.34. The number of rotatable bonds is 4. The van der Waals surface area contributed by atoms with Crippen molar-refractivity contribution in [2.75, 3.05) is 23.3 Å². The van der Waals surface area contributed by atoms with Crippen LogP contribution in [0.5, 0.6) is 0 Å². The summed E-state index contributed by atoms with van der Waals surface area (Å²) in [5.74, 6) is 0.789. The highest BCUT2D eigenvalue weighted by atomic mass is 32.1. The summed E-state index contributed by atoms with van der Waals surface area (Å²) in [5, 5.41) is 3.70. The highest BCUT2D eigenvalue weighted by molar-refractivity contribution is 7.22. The van der Waals surface area contributed by atoms with Crippen molar-refractivity contribution in [1.29, 1.82) is 0 Å². The lowest BCUT2D eigenvalue weighted by atomic mass is 9.97. The van der Waals surface area contributed by atoms with E-state index in [4.69, 9.17) is 0 Å². The standard InChI is InChI=1S/C24H23N5OS/c1-16-9-10-19-21(12-16)31-24(27-19)28-23(30)18-8-5-11-29(14-18)22-13-20(25-15-26-22)17-6-3-2-4-7-17/h2-4,6-7,9-10,12-13,15,18H,5,8,11,14H2,1H3,(H,27,28,30). The second-order valence-electron chi connectivity index (χ2n) is 7.89. The van der Waals surface area contributed by atoms with E-state index >= 15 is 0 Å². The molecule has 7 heteroatoms. The minimum atomic E-state index is -0.0994. The number of carbonyl (C=O) groups excluding carboxylic acids is 1. The quantitative estimate of drug-likeness (QED) is 0.499. The first-order valence-electron chi connectivity index (χ1n) is 10.5. The van der Waals surface area contributed by atoms with Crippen molar-refractivity contribution in [2.24, 2.45) is 5.92 Å². The Morgan fingerprint density at radius 1 is 1.13 bits per heavy atom. The third kappa shape index (κ3) is 4.27. The van der Waals surface area contributed by atoms with Crippen molar-refractivity contribution in [3.05, 3.63) is 66.5 Å². The molecule has 2 aromatic carbocycles. The van der Waals surface area contributed by atoms with E-state index in [1.807, 2.05) is 48.5 Å². The predicted octanol–water partition coefficient (Wildman–Crippen LogP) is 4.92. The van der Waals surface area contributed by atoms with Crippen LogP contribution in [0.1, 0.15) is 18.4 Å². The van der Waals surface area contributed by atoms with Gasteiger partial charge in [0.05, 0.1) is 21.8 Å². The van der Waals surface area contributed by atoms with Crippen LogP contribution in [0.4, 0.5) is 10.9 Å². The van der Waals surface area contributed by atoms with Crippen molar-refractivity contribution in [3.8, 4) is 11.3 Å². The average Bonchev–Trinajstić information content (AvgIpc) is 3.21. The Bertz CT molecular complexity index is 1220. The number of fused-ring (bicyclic) bond motifs is 1. The van der Waals surface area contributed by atoms with E-state index < -0.39 is 0 Å². The van der Waals surface area contributed by atoms with E-state index in [0.717, 1.165) is 46.7 Å². The topological polar surface area (TPSA) is 71.0 Å². The molecule has 4 aromatic rings. The molecule has 1 aliphatic rings. The van der Waals surface area contributed by atoms with Crippen LogP contribution in [0, 0.1) is 12.8 Å². The molecule has 0 bridgehead atoms. The van der Waals surface area contributed by atoms with Gasteiger partial charge in [0.15, 0.2) is 5.13 Å². The van der Waals surface area contributed by atoms with Gasteiger partial charge in [0, 0.05) is 24.7 Å². The molecule has 0 saturated carbocycles.